The summed E-state index contributed by atoms with van der Waals surface area (Å²) < 4.78 is 10.3. The number of carbonyl (C=O) groups is 1. The van der Waals surface area contributed by atoms with Crippen molar-refractivity contribution in [1.29, 1.82) is 0 Å². The molecular weight excluding hydrogens is 284 g/mol. The molecule has 2 aromatic heterocycles. The van der Waals surface area contributed by atoms with E-state index < -0.39 is 5.97 Å². The van der Waals surface area contributed by atoms with Crippen LogP contribution in [0.2, 0.25) is 0 Å². The van der Waals surface area contributed by atoms with E-state index in [9.17, 15) is 9.90 Å². The fourth-order valence-corrected chi connectivity index (χ4v) is 2.36. The van der Waals surface area contributed by atoms with E-state index in [1.807, 2.05) is 24.3 Å². The molecule has 6 heteroatoms. The minimum Gasteiger partial charge on any atom is -0.497 e. The molecule has 0 saturated heterocycles. The maximum Gasteiger partial charge on any atom is 0.336 e. The van der Waals surface area contributed by atoms with Crippen LogP contribution in [0.1, 0.15) is 27.3 Å². The monoisotopic (exact) mass is 298 g/mol. The zero-order valence-corrected chi connectivity index (χ0v) is 12.2. The first-order valence-electron chi connectivity index (χ1n) is 6.70. The largest absolute Gasteiger partial charge is 0.497 e. The SMILES string of the molecule is COc1ccc(Cc2noc3nc(C)cc(C(=O)O)c23)cc1. The van der Waals surface area contributed by atoms with E-state index in [4.69, 9.17) is 9.26 Å². The molecule has 3 rings (SSSR count). The van der Waals surface area contributed by atoms with Gasteiger partial charge in [-0.25, -0.2) is 9.78 Å². The number of hydrogen-bond donors (Lipinski definition) is 1. The van der Waals surface area contributed by atoms with Gasteiger partial charge in [0.05, 0.1) is 23.8 Å². The van der Waals surface area contributed by atoms with Crippen LogP contribution < -0.4 is 4.74 Å². The van der Waals surface area contributed by atoms with Gasteiger partial charge in [-0.15, -0.1) is 0 Å². The fourth-order valence-electron chi connectivity index (χ4n) is 2.36. The van der Waals surface area contributed by atoms with Crippen molar-refractivity contribution < 1.29 is 19.2 Å². The first-order valence-corrected chi connectivity index (χ1v) is 6.70. The Morgan fingerprint density at radius 3 is 2.68 bits per heavy atom. The highest BCUT2D eigenvalue weighted by Gasteiger charge is 2.19. The van der Waals surface area contributed by atoms with Gasteiger partial charge in [0.2, 0.25) is 0 Å². The number of ether oxygens (including phenoxy) is 1. The predicted molar refractivity (Wildman–Crippen MR) is 79.3 cm³/mol. The van der Waals surface area contributed by atoms with Crippen molar-refractivity contribution in [2.75, 3.05) is 7.11 Å². The van der Waals surface area contributed by atoms with Crippen LogP contribution in [0.25, 0.3) is 11.1 Å². The first kappa shape index (κ1) is 14.1. The number of fused-ring (bicyclic) bond motifs is 1. The normalized spacial score (nSPS) is 10.8. The molecule has 0 amide bonds. The summed E-state index contributed by atoms with van der Waals surface area (Å²) in [7, 11) is 1.60. The molecule has 112 valence electrons. The number of aromatic nitrogens is 2. The lowest BCUT2D eigenvalue weighted by Crippen LogP contribution is -2.01. The van der Waals surface area contributed by atoms with E-state index in [-0.39, 0.29) is 11.3 Å². The summed E-state index contributed by atoms with van der Waals surface area (Å²) in [6, 6.07) is 9.03. The summed E-state index contributed by atoms with van der Waals surface area (Å²) in [5.74, 6) is -0.257. The van der Waals surface area contributed by atoms with Gasteiger partial charge in [0, 0.05) is 12.1 Å². The van der Waals surface area contributed by atoms with Gasteiger partial charge >= 0.3 is 5.97 Å². The van der Waals surface area contributed by atoms with Crippen molar-refractivity contribution in [2.45, 2.75) is 13.3 Å². The van der Waals surface area contributed by atoms with Crippen molar-refractivity contribution in [3.63, 3.8) is 0 Å². The van der Waals surface area contributed by atoms with E-state index in [2.05, 4.69) is 10.1 Å². The smallest absolute Gasteiger partial charge is 0.336 e. The topological polar surface area (TPSA) is 85.5 Å². The third-order valence-electron chi connectivity index (χ3n) is 3.41. The van der Waals surface area contributed by atoms with Crippen molar-refractivity contribution in [1.82, 2.24) is 10.1 Å². The van der Waals surface area contributed by atoms with Gasteiger partial charge in [-0.2, -0.15) is 0 Å². The zero-order valence-electron chi connectivity index (χ0n) is 12.2. The highest BCUT2D eigenvalue weighted by atomic mass is 16.5. The fraction of sp³-hybridized carbons (Fsp3) is 0.188. The molecule has 6 nitrogen and oxygen atoms in total. The van der Waals surface area contributed by atoms with Gasteiger partial charge in [-0.3, -0.25) is 0 Å². The third-order valence-corrected chi connectivity index (χ3v) is 3.41. The second kappa shape index (κ2) is 5.48. The molecule has 0 aliphatic carbocycles. The average Bonchev–Trinajstić information content (AvgIpc) is 2.89. The first-order chi connectivity index (χ1) is 10.6. The van der Waals surface area contributed by atoms with E-state index in [1.165, 1.54) is 6.07 Å². The maximum absolute atomic E-state index is 11.4. The molecule has 0 spiro atoms. The van der Waals surface area contributed by atoms with Crippen LogP contribution in [0.15, 0.2) is 34.9 Å². The summed E-state index contributed by atoms with van der Waals surface area (Å²) in [4.78, 5) is 15.6. The van der Waals surface area contributed by atoms with Crippen LogP contribution in [-0.2, 0) is 6.42 Å². The van der Waals surface area contributed by atoms with E-state index >= 15 is 0 Å². The van der Waals surface area contributed by atoms with Crippen molar-refractivity contribution >= 4 is 17.1 Å². The Bertz CT molecular complexity index is 837. The lowest BCUT2D eigenvalue weighted by atomic mass is 10.0. The number of carboxylic acids is 1. The van der Waals surface area contributed by atoms with Crippen molar-refractivity contribution in [3.8, 4) is 5.75 Å². The van der Waals surface area contributed by atoms with Crippen molar-refractivity contribution in [3.05, 3.63) is 52.8 Å². The number of methoxy groups -OCH3 is 1. The van der Waals surface area contributed by atoms with Crippen LogP contribution in [0, 0.1) is 6.92 Å². The average molecular weight is 298 g/mol. The third kappa shape index (κ3) is 2.50. The molecule has 3 aromatic rings. The van der Waals surface area contributed by atoms with Gasteiger partial charge in [0.25, 0.3) is 5.71 Å². The number of aryl methyl sites for hydroxylation is 1. The summed E-state index contributed by atoms with van der Waals surface area (Å²) >= 11 is 0. The van der Waals surface area contributed by atoms with Crippen LogP contribution in [0.5, 0.6) is 5.75 Å². The van der Waals surface area contributed by atoms with Gasteiger partial charge in [-0.05, 0) is 30.7 Å². The summed E-state index contributed by atoms with van der Waals surface area (Å²) in [5.41, 5.74) is 2.53. The highest BCUT2D eigenvalue weighted by Crippen LogP contribution is 2.25. The number of hydrogen-bond acceptors (Lipinski definition) is 5. The van der Waals surface area contributed by atoms with Gasteiger partial charge in [0.15, 0.2) is 0 Å². The number of nitrogens with zero attached hydrogens (tertiary/aromatic N) is 2. The predicted octanol–water partition coefficient (Wildman–Crippen LogP) is 2.83. The number of rotatable bonds is 4. The molecule has 0 aliphatic heterocycles. The number of carboxylic acid groups (broad SMARTS) is 1. The molecule has 0 saturated carbocycles. The van der Waals surface area contributed by atoms with Gasteiger partial charge in [0.1, 0.15) is 5.75 Å². The van der Waals surface area contributed by atoms with Crippen LogP contribution >= 0.6 is 0 Å². The van der Waals surface area contributed by atoms with Crippen LogP contribution in [0.4, 0.5) is 0 Å². The second-order valence-corrected chi connectivity index (χ2v) is 4.95. The van der Waals surface area contributed by atoms with E-state index in [1.54, 1.807) is 14.0 Å². The van der Waals surface area contributed by atoms with Gasteiger partial charge in [-0.1, -0.05) is 17.3 Å². The molecule has 0 unspecified atom stereocenters. The lowest BCUT2D eigenvalue weighted by Gasteiger charge is -2.03. The number of benzene rings is 1. The number of aromatic carboxylic acids is 1. The standard InChI is InChI=1S/C16H14N2O4/c1-9-7-12(16(19)20)14-13(18-22-15(14)17-9)8-10-3-5-11(21-2)6-4-10/h3-7H,8H2,1-2H3,(H,19,20). The Balaban J connectivity index is 2.05. The molecule has 0 radical (unpaired) electrons. The van der Waals surface area contributed by atoms with Crippen LogP contribution in [-0.4, -0.2) is 28.3 Å². The molecule has 22 heavy (non-hydrogen) atoms. The minimum atomic E-state index is -1.02. The van der Waals surface area contributed by atoms with E-state index in [0.29, 0.717) is 23.2 Å². The second-order valence-electron chi connectivity index (χ2n) is 4.95. The van der Waals surface area contributed by atoms with Gasteiger partial charge < -0.3 is 14.4 Å². The minimum absolute atomic E-state index is 0.160. The zero-order chi connectivity index (χ0) is 15.7. The Kier molecular flexibility index (Phi) is 3.50. The number of pyridine rings is 1. The maximum atomic E-state index is 11.4. The molecule has 0 bridgehead atoms. The molecule has 0 fully saturated rings. The Morgan fingerprint density at radius 2 is 2.05 bits per heavy atom. The molecular formula is C16H14N2O4. The molecule has 1 aromatic carbocycles. The highest BCUT2D eigenvalue weighted by molar-refractivity contribution is 6.02. The Labute approximate surface area is 126 Å². The summed E-state index contributed by atoms with van der Waals surface area (Å²) in [6.07, 6.45) is 0.460. The molecule has 2 heterocycles. The van der Waals surface area contributed by atoms with E-state index in [0.717, 1.165) is 11.3 Å². The lowest BCUT2D eigenvalue weighted by molar-refractivity contribution is 0.0698. The summed E-state index contributed by atoms with van der Waals surface area (Å²) in [5, 5.41) is 13.8. The van der Waals surface area contributed by atoms with Crippen LogP contribution in [0.3, 0.4) is 0 Å². The van der Waals surface area contributed by atoms with Crippen molar-refractivity contribution in [2.24, 2.45) is 0 Å². The molecule has 1 N–H and O–H groups in total. The Morgan fingerprint density at radius 1 is 1.32 bits per heavy atom. The Hall–Kier alpha value is -2.89. The summed E-state index contributed by atoms with van der Waals surface area (Å²) in [6.45, 7) is 1.72. The molecule has 0 aliphatic rings. The molecule has 0 atom stereocenters. The quantitative estimate of drug-likeness (QED) is 0.797.